The van der Waals surface area contributed by atoms with Crippen molar-refractivity contribution in [2.45, 2.75) is 6.11 Å². The number of halogens is 3. The van der Waals surface area contributed by atoms with Gasteiger partial charge in [0.15, 0.2) is 0 Å². The molecule has 76 valence electrons. The van der Waals surface area contributed by atoms with Gasteiger partial charge in [0.05, 0.1) is 0 Å². The van der Waals surface area contributed by atoms with Crippen molar-refractivity contribution >= 4 is 17.6 Å². The Kier molecular flexibility index (Phi) is 2.90. The van der Waals surface area contributed by atoms with E-state index in [4.69, 9.17) is 16.7 Å². The Morgan fingerprint density at radius 2 is 2.14 bits per heavy atom. The minimum absolute atomic E-state index is 0.184. The highest BCUT2D eigenvalue weighted by Gasteiger charge is 2.42. The van der Waals surface area contributed by atoms with Crippen LogP contribution in [0.2, 0.25) is 5.02 Å². The lowest BCUT2D eigenvalue weighted by molar-refractivity contribution is -0.210. The van der Waals surface area contributed by atoms with Crippen LogP contribution in [0.15, 0.2) is 24.3 Å². The molecule has 14 heavy (non-hydrogen) atoms. The number of carboxylic acids is 1. The van der Waals surface area contributed by atoms with Crippen molar-refractivity contribution in [1.29, 1.82) is 0 Å². The van der Waals surface area contributed by atoms with Crippen LogP contribution in [-0.4, -0.2) is 17.2 Å². The van der Waals surface area contributed by atoms with E-state index >= 15 is 0 Å². The number of hydrogen-bond donors (Lipinski definition) is 1. The van der Waals surface area contributed by atoms with E-state index in [1.165, 1.54) is 18.2 Å². The third kappa shape index (κ3) is 2.56. The van der Waals surface area contributed by atoms with E-state index < -0.39 is 12.1 Å². The van der Waals surface area contributed by atoms with Crippen molar-refractivity contribution in [3.8, 4) is 5.75 Å². The summed E-state index contributed by atoms with van der Waals surface area (Å²) in [6.45, 7) is 0. The van der Waals surface area contributed by atoms with Gasteiger partial charge in [0.25, 0.3) is 0 Å². The molecule has 1 aromatic carbocycles. The fourth-order valence-corrected chi connectivity index (χ4v) is 0.902. The summed E-state index contributed by atoms with van der Waals surface area (Å²) in [5, 5.41) is 8.25. The Labute approximate surface area is 82.9 Å². The smallest absolute Gasteiger partial charge is 0.474 e. The molecule has 0 saturated carbocycles. The van der Waals surface area contributed by atoms with Crippen LogP contribution in [0.4, 0.5) is 8.78 Å². The second-order valence-electron chi connectivity index (χ2n) is 2.38. The Morgan fingerprint density at radius 3 is 2.64 bits per heavy atom. The maximum absolute atomic E-state index is 12.5. The SMILES string of the molecule is O=C(O)C(F)(F)Oc1cccc(Cl)c1. The van der Waals surface area contributed by atoms with Gasteiger partial charge in [0.2, 0.25) is 0 Å². The lowest BCUT2D eigenvalue weighted by Gasteiger charge is -2.12. The van der Waals surface area contributed by atoms with Gasteiger partial charge in [-0.25, -0.2) is 4.79 Å². The Morgan fingerprint density at radius 1 is 1.50 bits per heavy atom. The standard InChI is InChI=1S/C8H5ClF2O3/c9-5-2-1-3-6(4-5)14-8(10,11)7(12)13/h1-4H,(H,12,13). The van der Waals surface area contributed by atoms with Gasteiger partial charge in [-0.1, -0.05) is 17.7 Å². The Bertz CT molecular complexity index is 354. The van der Waals surface area contributed by atoms with Gasteiger partial charge < -0.3 is 9.84 Å². The molecule has 6 heteroatoms. The number of rotatable bonds is 3. The molecule has 0 spiro atoms. The first-order valence-electron chi connectivity index (χ1n) is 3.47. The zero-order chi connectivity index (χ0) is 10.8. The zero-order valence-electron chi connectivity index (χ0n) is 6.71. The maximum atomic E-state index is 12.5. The second kappa shape index (κ2) is 3.79. The van der Waals surface area contributed by atoms with E-state index in [9.17, 15) is 13.6 Å². The summed E-state index contributed by atoms with van der Waals surface area (Å²) in [6.07, 6.45) is -4.25. The molecule has 0 radical (unpaired) electrons. The third-order valence-corrected chi connectivity index (χ3v) is 1.53. The number of alkyl halides is 2. The van der Waals surface area contributed by atoms with Gasteiger partial charge in [-0.05, 0) is 18.2 Å². The van der Waals surface area contributed by atoms with Crippen LogP contribution in [0.5, 0.6) is 5.75 Å². The van der Waals surface area contributed by atoms with Crippen LogP contribution >= 0.6 is 11.6 Å². The third-order valence-electron chi connectivity index (χ3n) is 1.29. The van der Waals surface area contributed by atoms with Crippen molar-refractivity contribution in [1.82, 2.24) is 0 Å². The first-order chi connectivity index (χ1) is 6.42. The van der Waals surface area contributed by atoms with Gasteiger partial charge >= 0.3 is 12.1 Å². The summed E-state index contributed by atoms with van der Waals surface area (Å²) in [4.78, 5) is 10.0. The minimum Gasteiger partial charge on any atom is -0.474 e. The largest absolute Gasteiger partial charge is 0.501 e. The van der Waals surface area contributed by atoms with E-state index in [-0.39, 0.29) is 10.8 Å². The first-order valence-corrected chi connectivity index (χ1v) is 3.85. The van der Waals surface area contributed by atoms with Crippen molar-refractivity contribution < 1.29 is 23.4 Å². The lowest BCUT2D eigenvalue weighted by Crippen LogP contribution is -2.34. The molecule has 0 atom stereocenters. The number of hydrogen-bond acceptors (Lipinski definition) is 2. The Balaban J connectivity index is 2.83. The van der Waals surface area contributed by atoms with Gasteiger partial charge in [-0.2, -0.15) is 8.78 Å². The van der Waals surface area contributed by atoms with Crippen molar-refractivity contribution in [3.63, 3.8) is 0 Å². The van der Waals surface area contributed by atoms with E-state index in [0.717, 1.165) is 6.07 Å². The normalized spacial score (nSPS) is 11.1. The van der Waals surface area contributed by atoms with Gasteiger partial charge in [0.1, 0.15) is 5.75 Å². The summed E-state index contributed by atoms with van der Waals surface area (Å²) in [5.74, 6) is -2.65. The van der Waals surface area contributed by atoms with E-state index in [2.05, 4.69) is 4.74 Å². The van der Waals surface area contributed by atoms with E-state index in [1.54, 1.807) is 0 Å². The summed E-state index contributed by atoms with van der Waals surface area (Å²) in [5.41, 5.74) is 0. The topological polar surface area (TPSA) is 46.5 Å². The number of ether oxygens (including phenoxy) is 1. The molecule has 1 N–H and O–H groups in total. The van der Waals surface area contributed by atoms with Crippen LogP contribution in [0, 0.1) is 0 Å². The molecule has 0 saturated heterocycles. The number of carboxylic acid groups (broad SMARTS) is 1. The lowest BCUT2D eigenvalue weighted by atomic mass is 10.3. The zero-order valence-corrected chi connectivity index (χ0v) is 7.46. The molecule has 0 fully saturated rings. The van der Waals surface area contributed by atoms with Crippen LogP contribution in [0.25, 0.3) is 0 Å². The molecule has 0 bridgehead atoms. The highest BCUT2D eigenvalue weighted by atomic mass is 35.5. The maximum Gasteiger partial charge on any atom is 0.501 e. The molecule has 0 aliphatic rings. The number of benzene rings is 1. The highest BCUT2D eigenvalue weighted by Crippen LogP contribution is 2.24. The van der Waals surface area contributed by atoms with E-state index in [0.29, 0.717) is 0 Å². The van der Waals surface area contributed by atoms with Crippen molar-refractivity contribution in [2.75, 3.05) is 0 Å². The van der Waals surface area contributed by atoms with Crippen molar-refractivity contribution in [2.24, 2.45) is 0 Å². The summed E-state index contributed by atoms with van der Waals surface area (Å²) >= 11 is 5.48. The summed E-state index contributed by atoms with van der Waals surface area (Å²) in [7, 11) is 0. The molecule has 3 nitrogen and oxygen atoms in total. The summed E-state index contributed by atoms with van der Waals surface area (Å²) in [6, 6.07) is 5.10. The van der Waals surface area contributed by atoms with E-state index in [1.807, 2.05) is 0 Å². The molecule has 0 unspecified atom stereocenters. The van der Waals surface area contributed by atoms with Crippen molar-refractivity contribution in [3.05, 3.63) is 29.3 Å². The molecular formula is C8H5ClF2O3. The van der Waals surface area contributed by atoms with Crippen LogP contribution in [0.3, 0.4) is 0 Å². The average Bonchev–Trinajstić information content (AvgIpc) is 2.02. The molecule has 0 aromatic heterocycles. The Hall–Kier alpha value is -1.36. The van der Waals surface area contributed by atoms with Gasteiger partial charge in [0, 0.05) is 5.02 Å². The molecule has 1 aromatic rings. The van der Waals surface area contributed by atoms with Gasteiger partial charge in [-0.15, -0.1) is 0 Å². The molecule has 1 rings (SSSR count). The van der Waals surface area contributed by atoms with Crippen LogP contribution in [0.1, 0.15) is 0 Å². The quantitative estimate of drug-likeness (QED) is 0.854. The first kappa shape index (κ1) is 10.7. The highest BCUT2D eigenvalue weighted by molar-refractivity contribution is 6.30. The number of aliphatic carboxylic acids is 1. The molecule has 0 aliphatic heterocycles. The molecule has 0 amide bonds. The molecule has 0 aliphatic carbocycles. The molecular weight excluding hydrogens is 218 g/mol. The fraction of sp³-hybridized carbons (Fsp3) is 0.125. The van der Waals surface area contributed by atoms with Crippen LogP contribution in [-0.2, 0) is 4.79 Å². The minimum atomic E-state index is -4.25. The summed E-state index contributed by atoms with van der Waals surface area (Å²) < 4.78 is 28.9. The second-order valence-corrected chi connectivity index (χ2v) is 2.82. The predicted octanol–water partition coefficient (Wildman–Crippen LogP) is 2.40. The monoisotopic (exact) mass is 222 g/mol. The average molecular weight is 223 g/mol. The van der Waals surface area contributed by atoms with Gasteiger partial charge in [-0.3, -0.25) is 0 Å². The molecule has 0 heterocycles. The number of carbonyl (C=O) groups is 1. The predicted molar refractivity (Wildman–Crippen MR) is 44.7 cm³/mol. The van der Waals surface area contributed by atoms with Crippen LogP contribution < -0.4 is 4.74 Å². The fourth-order valence-electron chi connectivity index (χ4n) is 0.722.